The molecule has 0 radical (unpaired) electrons. The van der Waals surface area contributed by atoms with Crippen molar-refractivity contribution in [3.63, 3.8) is 0 Å². The van der Waals surface area contributed by atoms with Crippen LogP contribution in [0.15, 0.2) is 47.4 Å². The number of fused-ring (bicyclic) bond motifs is 1. The van der Waals surface area contributed by atoms with E-state index in [1.807, 2.05) is 19.9 Å². The van der Waals surface area contributed by atoms with Crippen LogP contribution in [0, 0.1) is 0 Å². The Balaban J connectivity index is 0.844. The van der Waals surface area contributed by atoms with Gasteiger partial charge in [-0.25, -0.2) is 20.0 Å². The van der Waals surface area contributed by atoms with Gasteiger partial charge < -0.3 is 58.4 Å². The molecule has 2 aromatic heterocycles. The molecule has 0 saturated heterocycles. The van der Waals surface area contributed by atoms with Gasteiger partial charge >= 0.3 is 0 Å². The van der Waals surface area contributed by atoms with E-state index in [9.17, 15) is 19.2 Å². The summed E-state index contributed by atoms with van der Waals surface area (Å²) in [5.74, 6) is -0.619. The largest absolute Gasteiger partial charge is 0.387 e. The van der Waals surface area contributed by atoms with Crippen molar-refractivity contribution in [2.75, 3.05) is 158 Å². The van der Waals surface area contributed by atoms with Gasteiger partial charge in [-0.1, -0.05) is 6.92 Å². The van der Waals surface area contributed by atoms with Crippen LogP contribution in [-0.4, -0.2) is 213 Å². The molecule has 4 rings (SSSR count). The van der Waals surface area contributed by atoms with Crippen LogP contribution < -0.4 is 11.1 Å². The van der Waals surface area contributed by atoms with Gasteiger partial charge in [0.2, 0.25) is 5.91 Å². The average Bonchev–Trinajstić information content (AvgIpc) is 3.57. The number of pyridine rings is 1. The highest BCUT2D eigenvalue weighted by atomic mass is 16.7. The maximum absolute atomic E-state index is 13.2. The molecule has 0 aromatic carbocycles. The molecular weight excluding hydrogens is 929 g/mol. The number of hydrogen-bond acceptors (Lipinski definition) is 20. The summed E-state index contributed by atoms with van der Waals surface area (Å²) in [5, 5.41) is 3.97. The Labute approximate surface area is 415 Å². The third-order valence-corrected chi connectivity index (χ3v) is 9.90. The van der Waals surface area contributed by atoms with E-state index in [1.54, 1.807) is 24.7 Å². The Kier molecular flexibility index (Phi) is 30.2. The number of carbonyl (C=O) groups is 4. The lowest BCUT2D eigenvalue weighted by Crippen LogP contribution is -2.41. The minimum Gasteiger partial charge on any atom is -0.387 e. The first kappa shape index (κ1) is 58.4. The van der Waals surface area contributed by atoms with E-state index in [0.717, 1.165) is 35.5 Å². The fourth-order valence-electron chi connectivity index (χ4n) is 6.41. The minimum atomic E-state index is -0.496. The van der Waals surface area contributed by atoms with Crippen molar-refractivity contribution in [2.24, 2.45) is 10.7 Å². The van der Waals surface area contributed by atoms with Crippen molar-refractivity contribution in [3.8, 4) is 11.3 Å². The first-order valence-corrected chi connectivity index (χ1v) is 24.2. The molecule has 4 amide bonds. The number of amides is 4. The molecule has 2 aromatic rings. The Hall–Kier alpha value is -5.18. The highest BCUT2D eigenvalue weighted by molar-refractivity contribution is 6.14. The number of nitrogens with one attached hydrogen (secondary N) is 1. The van der Waals surface area contributed by atoms with Gasteiger partial charge in [0, 0.05) is 80.0 Å². The Morgan fingerprint density at radius 3 is 1.62 bits per heavy atom. The van der Waals surface area contributed by atoms with Crippen molar-refractivity contribution in [1.82, 2.24) is 30.2 Å². The van der Waals surface area contributed by atoms with Crippen molar-refractivity contribution in [3.05, 3.63) is 53.8 Å². The van der Waals surface area contributed by atoms with Gasteiger partial charge in [0.05, 0.1) is 144 Å². The molecule has 2 aliphatic heterocycles. The number of nitrogens with zero attached hydrogens (tertiary/aromatic N) is 6. The summed E-state index contributed by atoms with van der Waals surface area (Å²) in [5.41, 5.74) is 9.42. The van der Waals surface area contributed by atoms with E-state index >= 15 is 0 Å². The number of imide groups is 1. The first-order chi connectivity index (χ1) is 34.8. The number of hydroxylamine groups is 2. The van der Waals surface area contributed by atoms with E-state index in [1.165, 1.54) is 5.06 Å². The normalized spacial score (nSPS) is 13.4. The standard InChI is InChI=1S/C48H72N8O15/c1-3-10-56(71-4-2)48(60)38-31-39-34-51-41(33-42(39)54-43(49)32-38)40-35-52-44(53-36-40)6-5-11-61-13-15-63-17-19-65-21-23-67-25-27-69-29-30-70-28-26-68-24-22-66-20-18-64-16-14-62-12-9-50-45(57)37-55-46(58)7-8-47(55)59/h7-8,31,33-36H,3-6,9-30,32,37H2,1-2H3,(H2,49,54)(H,50,57). The second kappa shape index (κ2) is 36.7. The fourth-order valence-corrected chi connectivity index (χ4v) is 6.41. The van der Waals surface area contributed by atoms with E-state index in [2.05, 4.69) is 25.3 Å². The zero-order chi connectivity index (χ0) is 50.6. The zero-order valence-electron chi connectivity index (χ0n) is 41.2. The fraction of sp³-hybridized carbons (Fsp3) is 0.625. The van der Waals surface area contributed by atoms with Gasteiger partial charge in [0.1, 0.15) is 18.2 Å². The molecule has 2 aliphatic rings. The molecule has 0 bridgehead atoms. The molecule has 4 heterocycles. The lowest BCUT2D eigenvalue weighted by atomic mass is 10.1. The predicted molar refractivity (Wildman–Crippen MR) is 258 cm³/mol. The number of rotatable bonds is 42. The summed E-state index contributed by atoms with van der Waals surface area (Å²) in [6.45, 7) is 13.5. The van der Waals surface area contributed by atoms with Gasteiger partial charge in [0.25, 0.3) is 17.7 Å². The Morgan fingerprint density at radius 1 is 0.662 bits per heavy atom. The van der Waals surface area contributed by atoms with E-state index in [4.69, 9.17) is 57.9 Å². The molecule has 0 saturated carbocycles. The molecule has 0 fully saturated rings. The summed E-state index contributed by atoms with van der Waals surface area (Å²) in [7, 11) is 0. The number of ether oxygens (including phenoxy) is 10. The molecular formula is C48H72N8O15. The Morgan fingerprint density at radius 2 is 1.14 bits per heavy atom. The molecule has 23 nitrogen and oxygen atoms in total. The maximum atomic E-state index is 13.2. The second-order valence-corrected chi connectivity index (χ2v) is 15.5. The Bertz CT molecular complexity index is 1930. The van der Waals surface area contributed by atoms with Gasteiger partial charge in [-0.05, 0) is 31.9 Å². The summed E-state index contributed by atoms with van der Waals surface area (Å²) < 4.78 is 55.1. The van der Waals surface area contributed by atoms with Crippen LogP contribution in [-0.2, 0) is 77.8 Å². The van der Waals surface area contributed by atoms with Crippen LogP contribution >= 0.6 is 0 Å². The smallest absolute Gasteiger partial charge is 0.273 e. The van der Waals surface area contributed by atoms with Crippen molar-refractivity contribution >= 4 is 41.2 Å². The summed E-state index contributed by atoms with van der Waals surface area (Å²) in [6, 6.07) is 1.82. The zero-order valence-corrected chi connectivity index (χ0v) is 41.2. The molecule has 3 N–H and O–H groups in total. The number of hydrogen-bond donors (Lipinski definition) is 2. The molecule has 0 spiro atoms. The highest BCUT2D eigenvalue weighted by Gasteiger charge is 2.25. The predicted octanol–water partition coefficient (Wildman–Crippen LogP) is 1.64. The number of aliphatic imine (C=N–C) groups is 1. The van der Waals surface area contributed by atoms with Crippen LogP contribution in [0.3, 0.4) is 0 Å². The summed E-state index contributed by atoms with van der Waals surface area (Å²) >= 11 is 0. The SMILES string of the molecule is CCCN(OCC)C(=O)C1=Cc2cnc(-c3cnc(CCCOCCOCCOCCOCCOCCOCCOCCOCCOCCOCCNC(=O)CN4C(=O)C=CC4=O)nc3)cc2N=C(N)C1. The maximum Gasteiger partial charge on any atom is 0.273 e. The van der Waals surface area contributed by atoms with Crippen molar-refractivity contribution < 1.29 is 71.4 Å². The molecule has 394 valence electrons. The molecule has 0 unspecified atom stereocenters. The molecule has 0 aliphatic carbocycles. The molecule has 23 heteroatoms. The molecule has 71 heavy (non-hydrogen) atoms. The van der Waals surface area contributed by atoms with Crippen molar-refractivity contribution in [2.45, 2.75) is 39.5 Å². The molecule has 0 atom stereocenters. The third-order valence-electron chi connectivity index (χ3n) is 9.90. The highest BCUT2D eigenvalue weighted by Crippen LogP contribution is 2.30. The van der Waals surface area contributed by atoms with Crippen LogP contribution in [0.2, 0.25) is 0 Å². The van der Waals surface area contributed by atoms with Gasteiger partial charge in [-0.15, -0.1) is 0 Å². The van der Waals surface area contributed by atoms with E-state index in [0.29, 0.717) is 179 Å². The van der Waals surface area contributed by atoms with Crippen LogP contribution in [0.4, 0.5) is 5.69 Å². The number of amidine groups is 1. The van der Waals surface area contributed by atoms with Gasteiger partial charge in [0.15, 0.2) is 0 Å². The number of aryl methyl sites for hydroxylation is 1. The monoisotopic (exact) mass is 1000 g/mol. The quantitative estimate of drug-likeness (QED) is 0.0544. The summed E-state index contributed by atoms with van der Waals surface area (Å²) in [6.07, 6.45) is 11.6. The van der Waals surface area contributed by atoms with Crippen LogP contribution in [0.25, 0.3) is 17.3 Å². The number of aromatic nitrogens is 3. The number of nitrogens with two attached hydrogens (primary N) is 1. The van der Waals surface area contributed by atoms with Crippen molar-refractivity contribution in [1.29, 1.82) is 0 Å². The third kappa shape index (κ3) is 24.7. The van der Waals surface area contributed by atoms with E-state index < -0.39 is 17.7 Å². The van der Waals surface area contributed by atoms with Gasteiger partial charge in [-0.2, -0.15) is 0 Å². The minimum absolute atomic E-state index is 0.212. The average molecular weight is 1000 g/mol. The topological polar surface area (TPSA) is 265 Å². The van der Waals surface area contributed by atoms with Gasteiger partial charge in [-0.3, -0.25) is 33.9 Å². The lowest BCUT2D eigenvalue weighted by Gasteiger charge is -2.21. The van der Waals surface area contributed by atoms with Crippen LogP contribution in [0.1, 0.15) is 44.5 Å². The van der Waals surface area contributed by atoms with Crippen LogP contribution in [0.5, 0.6) is 0 Å². The van der Waals surface area contributed by atoms with E-state index in [-0.39, 0.29) is 32.0 Å². The summed E-state index contributed by atoms with van der Waals surface area (Å²) in [4.78, 5) is 72.5. The lowest BCUT2D eigenvalue weighted by molar-refractivity contribution is -0.180. The first-order valence-electron chi connectivity index (χ1n) is 24.2. The second-order valence-electron chi connectivity index (χ2n) is 15.5. The number of carbonyl (C=O) groups excluding carboxylic acids is 4.